The number of hydrogen-bond acceptors (Lipinski definition) is 7. The molecule has 0 saturated carbocycles. The first-order chi connectivity index (χ1) is 16.6. The van der Waals surface area contributed by atoms with Gasteiger partial charge >= 0.3 is 0 Å². The number of piperidine rings is 1. The normalized spacial score (nSPS) is 15.5. The van der Waals surface area contributed by atoms with Gasteiger partial charge < -0.3 is 24.4 Å². The number of aromatic nitrogens is 2. The zero-order valence-electron chi connectivity index (χ0n) is 19.8. The molecule has 3 aromatic rings. The Morgan fingerprint density at radius 2 is 1.82 bits per heavy atom. The lowest BCUT2D eigenvalue weighted by Gasteiger charge is -2.33. The van der Waals surface area contributed by atoms with Gasteiger partial charge in [0.25, 0.3) is 5.88 Å². The number of carbonyl (C=O) groups excluding carboxylic acids is 1. The molecule has 0 aliphatic carbocycles. The third kappa shape index (κ3) is 5.57. The number of nitrogens with zero attached hydrogens (tertiary/aromatic N) is 3. The van der Waals surface area contributed by atoms with E-state index >= 15 is 0 Å². The van der Waals surface area contributed by atoms with Gasteiger partial charge in [-0.3, -0.25) is 4.79 Å². The summed E-state index contributed by atoms with van der Waals surface area (Å²) < 4.78 is 16.7. The summed E-state index contributed by atoms with van der Waals surface area (Å²) in [5.41, 5.74) is 2.10. The maximum absolute atomic E-state index is 13.0. The molecule has 2 aromatic carbocycles. The molecule has 1 atom stereocenters. The highest BCUT2D eigenvalue weighted by molar-refractivity contribution is 5.79. The van der Waals surface area contributed by atoms with Crippen molar-refractivity contribution in [1.82, 2.24) is 15.3 Å². The highest BCUT2D eigenvalue weighted by atomic mass is 16.5. The maximum atomic E-state index is 13.0. The van der Waals surface area contributed by atoms with Crippen molar-refractivity contribution >= 4 is 11.7 Å². The molecular weight excluding hydrogens is 432 g/mol. The lowest BCUT2D eigenvalue weighted by Crippen LogP contribution is -2.43. The second-order valence-corrected chi connectivity index (χ2v) is 8.29. The molecule has 4 rings (SSSR count). The fourth-order valence-corrected chi connectivity index (χ4v) is 4.03. The number of nitrogens with one attached hydrogen (secondary N) is 1. The molecular formula is C26H30N4O4. The molecule has 0 spiro atoms. The number of carbonyl (C=O) groups is 1. The van der Waals surface area contributed by atoms with Crippen molar-refractivity contribution in [2.45, 2.75) is 26.3 Å². The number of aryl methyl sites for hydroxylation is 1. The Hall–Kier alpha value is -3.81. The Morgan fingerprint density at radius 1 is 1.06 bits per heavy atom. The molecule has 8 nitrogen and oxygen atoms in total. The molecule has 1 aliphatic heterocycles. The van der Waals surface area contributed by atoms with Crippen LogP contribution in [0.1, 0.15) is 24.0 Å². The van der Waals surface area contributed by atoms with Crippen LogP contribution in [0.5, 0.6) is 23.1 Å². The fraction of sp³-hybridized carbons (Fsp3) is 0.346. The van der Waals surface area contributed by atoms with Crippen LogP contribution in [0.15, 0.2) is 54.9 Å². The number of hydrogen-bond donors (Lipinski definition) is 1. The summed E-state index contributed by atoms with van der Waals surface area (Å²) >= 11 is 0. The monoisotopic (exact) mass is 462 g/mol. The van der Waals surface area contributed by atoms with E-state index in [2.05, 4.69) is 20.2 Å². The summed E-state index contributed by atoms with van der Waals surface area (Å²) in [4.78, 5) is 24.0. The Morgan fingerprint density at radius 3 is 2.59 bits per heavy atom. The quantitative estimate of drug-likeness (QED) is 0.539. The van der Waals surface area contributed by atoms with E-state index in [1.165, 1.54) is 0 Å². The van der Waals surface area contributed by atoms with Gasteiger partial charge in [0.1, 0.15) is 5.75 Å². The molecule has 2 heterocycles. The van der Waals surface area contributed by atoms with Gasteiger partial charge in [0.2, 0.25) is 5.91 Å². The van der Waals surface area contributed by atoms with Crippen molar-refractivity contribution in [3.05, 3.63) is 66.0 Å². The molecule has 1 aromatic heterocycles. The molecule has 0 radical (unpaired) electrons. The summed E-state index contributed by atoms with van der Waals surface area (Å²) in [7, 11) is 3.20. The van der Waals surface area contributed by atoms with Crippen LogP contribution in [0.25, 0.3) is 0 Å². The van der Waals surface area contributed by atoms with E-state index in [0.29, 0.717) is 42.0 Å². The zero-order chi connectivity index (χ0) is 23.9. The third-order valence-corrected chi connectivity index (χ3v) is 5.89. The first-order valence-corrected chi connectivity index (χ1v) is 11.4. The van der Waals surface area contributed by atoms with Crippen LogP contribution in [0.4, 0.5) is 5.82 Å². The van der Waals surface area contributed by atoms with E-state index in [4.69, 9.17) is 14.2 Å². The van der Waals surface area contributed by atoms with Crippen molar-refractivity contribution < 1.29 is 19.0 Å². The summed E-state index contributed by atoms with van der Waals surface area (Å²) in [5, 5.41) is 3.06. The van der Waals surface area contributed by atoms with Crippen LogP contribution >= 0.6 is 0 Å². The van der Waals surface area contributed by atoms with E-state index in [1.807, 2.05) is 49.4 Å². The molecule has 0 bridgehead atoms. The minimum atomic E-state index is -0.150. The van der Waals surface area contributed by atoms with E-state index in [1.54, 1.807) is 26.6 Å². The molecule has 1 unspecified atom stereocenters. The largest absolute Gasteiger partial charge is 0.493 e. The molecule has 1 fully saturated rings. The Balaban J connectivity index is 1.40. The van der Waals surface area contributed by atoms with Crippen LogP contribution in [0, 0.1) is 12.8 Å². The second kappa shape index (κ2) is 10.9. The van der Waals surface area contributed by atoms with Crippen molar-refractivity contribution in [2.75, 3.05) is 32.2 Å². The van der Waals surface area contributed by atoms with Crippen LogP contribution in [-0.2, 0) is 11.3 Å². The minimum absolute atomic E-state index is 0.0179. The van der Waals surface area contributed by atoms with Crippen LogP contribution in [0.3, 0.4) is 0 Å². The average molecular weight is 463 g/mol. The van der Waals surface area contributed by atoms with E-state index in [0.717, 1.165) is 30.5 Å². The Kier molecular flexibility index (Phi) is 7.47. The van der Waals surface area contributed by atoms with Crippen molar-refractivity contribution in [3.8, 4) is 23.1 Å². The molecule has 8 heteroatoms. The van der Waals surface area contributed by atoms with E-state index in [-0.39, 0.29) is 11.8 Å². The predicted molar refractivity (Wildman–Crippen MR) is 130 cm³/mol. The topological polar surface area (TPSA) is 85.8 Å². The van der Waals surface area contributed by atoms with Gasteiger partial charge in [-0.15, -0.1) is 0 Å². The summed E-state index contributed by atoms with van der Waals surface area (Å²) in [5.74, 6) is 2.97. The van der Waals surface area contributed by atoms with Crippen LogP contribution in [0.2, 0.25) is 0 Å². The Bertz CT molecular complexity index is 1120. The first kappa shape index (κ1) is 23.4. The van der Waals surface area contributed by atoms with Gasteiger partial charge in [-0.1, -0.05) is 23.8 Å². The lowest BCUT2D eigenvalue weighted by atomic mass is 9.97. The van der Waals surface area contributed by atoms with Crippen LogP contribution in [-0.4, -0.2) is 43.2 Å². The van der Waals surface area contributed by atoms with Gasteiger partial charge in [0.15, 0.2) is 17.3 Å². The highest BCUT2D eigenvalue weighted by Gasteiger charge is 2.28. The number of amides is 1. The minimum Gasteiger partial charge on any atom is -0.493 e. The van der Waals surface area contributed by atoms with Gasteiger partial charge in [-0.05, 0) is 49.6 Å². The van der Waals surface area contributed by atoms with Gasteiger partial charge in [0.05, 0.1) is 20.1 Å². The zero-order valence-corrected chi connectivity index (χ0v) is 19.8. The summed E-state index contributed by atoms with van der Waals surface area (Å²) in [6, 6.07) is 13.4. The molecule has 178 valence electrons. The molecule has 1 saturated heterocycles. The predicted octanol–water partition coefficient (Wildman–Crippen LogP) is 4.13. The van der Waals surface area contributed by atoms with E-state index in [9.17, 15) is 4.79 Å². The molecule has 34 heavy (non-hydrogen) atoms. The maximum Gasteiger partial charge on any atom is 0.263 e. The third-order valence-electron chi connectivity index (χ3n) is 5.89. The van der Waals surface area contributed by atoms with E-state index < -0.39 is 0 Å². The molecule has 1 N–H and O–H groups in total. The average Bonchev–Trinajstić information content (AvgIpc) is 2.88. The van der Waals surface area contributed by atoms with Crippen molar-refractivity contribution in [1.29, 1.82) is 0 Å². The second-order valence-electron chi connectivity index (χ2n) is 8.29. The van der Waals surface area contributed by atoms with Crippen LogP contribution < -0.4 is 24.4 Å². The number of methoxy groups -OCH3 is 2. The fourth-order valence-electron chi connectivity index (χ4n) is 4.03. The molecule has 1 amide bonds. The number of rotatable bonds is 8. The smallest absolute Gasteiger partial charge is 0.263 e. The van der Waals surface area contributed by atoms with Gasteiger partial charge in [-0.2, -0.15) is 0 Å². The first-order valence-electron chi connectivity index (χ1n) is 11.4. The van der Waals surface area contributed by atoms with Gasteiger partial charge in [-0.25, -0.2) is 9.97 Å². The van der Waals surface area contributed by atoms with Crippen molar-refractivity contribution in [3.63, 3.8) is 0 Å². The lowest BCUT2D eigenvalue weighted by molar-refractivity contribution is -0.125. The summed E-state index contributed by atoms with van der Waals surface area (Å²) in [6.45, 7) is 3.80. The van der Waals surface area contributed by atoms with Crippen molar-refractivity contribution in [2.24, 2.45) is 5.92 Å². The summed E-state index contributed by atoms with van der Waals surface area (Å²) in [6.07, 6.45) is 4.97. The number of ether oxygens (including phenoxy) is 3. The number of benzene rings is 2. The number of anilines is 1. The standard InChI is InChI=1S/C26H30N4O4/c1-18-6-9-21(10-7-18)34-26-24(27-12-13-28-26)30-14-4-5-20(17-30)25(31)29-16-19-8-11-22(32-2)23(15-19)33-3/h6-13,15,20H,4-5,14,16-17H2,1-3H3,(H,29,31). The SMILES string of the molecule is COc1ccc(CNC(=O)C2CCCN(c3nccnc3Oc3ccc(C)cc3)C2)cc1OC. The highest BCUT2D eigenvalue weighted by Crippen LogP contribution is 2.31. The van der Waals surface area contributed by atoms with Gasteiger partial charge in [0, 0.05) is 32.0 Å². The Labute approximate surface area is 199 Å². The molecule has 1 aliphatic rings.